The Bertz CT molecular complexity index is 399. The second-order valence-corrected chi connectivity index (χ2v) is 5.05. The molecule has 1 fully saturated rings. The van der Waals surface area contributed by atoms with Gasteiger partial charge in [-0.15, -0.1) is 0 Å². The molecule has 0 aromatic heterocycles. The van der Waals surface area contributed by atoms with Crippen LogP contribution >= 0.6 is 11.8 Å². The number of anilines is 1. The topological polar surface area (TPSA) is 12.0 Å². The zero-order valence-electron chi connectivity index (χ0n) is 8.85. The Hall–Kier alpha value is -0.910. The summed E-state index contributed by atoms with van der Waals surface area (Å²) in [5, 5.41) is 2.83. The molecule has 1 saturated heterocycles. The molecule has 1 aliphatic rings. The molecule has 6 heteroatoms. The predicted octanol–water partition coefficient (Wildman–Crippen LogP) is 3.76. The van der Waals surface area contributed by atoms with E-state index in [4.69, 9.17) is 0 Å². The van der Waals surface area contributed by atoms with Gasteiger partial charge in [-0.1, -0.05) is 0 Å². The second kappa shape index (κ2) is 4.76. The third-order valence-corrected chi connectivity index (χ3v) is 3.75. The molecule has 1 aromatic rings. The first-order valence-corrected chi connectivity index (χ1v) is 6.33. The number of hydrogen-bond acceptors (Lipinski definition) is 2. The molecule has 0 bridgehead atoms. The first kappa shape index (κ1) is 12.5. The van der Waals surface area contributed by atoms with Gasteiger partial charge < -0.3 is 5.32 Å². The van der Waals surface area contributed by atoms with E-state index in [-0.39, 0.29) is 11.7 Å². The largest absolute Gasteiger partial charge is 0.416 e. The molecule has 1 heterocycles. The van der Waals surface area contributed by atoms with E-state index in [0.717, 1.165) is 36.1 Å². The maximum absolute atomic E-state index is 13.4. The third-order valence-electron chi connectivity index (χ3n) is 2.58. The lowest BCUT2D eigenvalue weighted by Gasteiger charge is -2.15. The number of rotatable bonds is 2. The van der Waals surface area contributed by atoms with Crippen molar-refractivity contribution < 1.29 is 17.6 Å². The highest BCUT2D eigenvalue weighted by atomic mass is 32.2. The molecule has 0 aliphatic carbocycles. The number of hydrogen-bond donors (Lipinski definition) is 1. The predicted molar refractivity (Wildman–Crippen MR) is 60.8 cm³/mol. The zero-order valence-corrected chi connectivity index (χ0v) is 9.67. The summed E-state index contributed by atoms with van der Waals surface area (Å²) in [6.07, 6.45) is -3.59. The second-order valence-electron chi connectivity index (χ2n) is 3.90. The molecule has 94 valence electrons. The normalized spacial score (nSPS) is 20.6. The van der Waals surface area contributed by atoms with Crippen molar-refractivity contribution >= 4 is 17.4 Å². The molecule has 1 atom stereocenters. The van der Waals surface area contributed by atoms with Gasteiger partial charge in [0.1, 0.15) is 5.82 Å². The Balaban J connectivity index is 2.20. The first-order valence-electron chi connectivity index (χ1n) is 5.18. The van der Waals surface area contributed by atoms with Gasteiger partial charge in [0, 0.05) is 11.8 Å². The average molecular weight is 265 g/mol. The van der Waals surface area contributed by atoms with Crippen molar-refractivity contribution in [2.45, 2.75) is 18.6 Å². The number of nitrogens with one attached hydrogen (secondary N) is 1. The minimum atomic E-state index is -4.44. The summed E-state index contributed by atoms with van der Waals surface area (Å²) >= 11 is 1.71. The van der Waals surface area contributed by atoms with Gasteiger partial charge in [0.05, 0.1) is 11.3 Å². The Labute approximate surface area is 101 Å². The van der Waals surface area contributed by atoms with Gasteiger partial charge in [-0.3, -0.25) is 0 Å². The number of benzene rings is 1. The summed E-state index contributed by atoms with van der Waals surface area (Å²) < 4.78 is 50.8. The number of halogens is 4. The molecule has 1 nitrogen and oxygen atoms in total. The van der Waals surface area contributed by atoms with Crippen molar-refractivity contribution in [1.29, 1.82) is 0 Å². The highest BCUT2D eigenvalue weighted by molar-refractivity contribution is 7.99. The Kier molecular flexibility index (Phi) is 3.51. The monoisotopic (exact) mass is 265 g/mol. The van der Waals surface area contributed by atoms with Crippen molar-refractivity contribution in [3.05, 3.63) is 29.6 Å². The van der Waals surface area contributed by atoms with E-state index in [9.17, 15) is 17.6 Å². The fourth-order valence-corrected chi connectivity index (χ4v) is 2.83. The maximum Gasteiger partial charge on any atom is 0.416 e. The quantitative estimate of drug-likeness (QED) is 0.817. The number of thioether (sulfide) groups is 1. The van der Waals surface area contributed by atoms with Crippen LogP contribution in [0.2, 0.25) is 0 Å². The molecule has 1 aromatic carbocycles. The SMILES string of the molecule is Fc1ccc(C(F)(F)F)cc1NC1CCSC1. The fourth-order valence-electron chi connectivity index (χ4n) is 1.68. The van der Waals surface area contributed by atoms with E-state index in [2.05, 4.69) is 5.32 Å². The summed E-state index contributed by atoms with van der Waals surface area (Å²) in [6.45, 7) is 0. The van der Waals surface area contributed by atoms with Crippen molar-refractivity contribution in [2.75, 3.05) is 16.8 Å². The molecule has 1 aliphatic heterocycles. The Morgan fingerprint density at radius 3 is 2.65 bits per heavy atom. The molecule has 2 rings (SSSR count). The van der Waals surface area contributed by atoms with Crippen LogP contribution < -0.4 is 5.32 Å². The van der Waals surface area contributed by atoms with Gasteiger partial charge in [-0.05, 0) is 30.4 Å². The van der Waals surface area contributed by atoms with Gasteiger partial charge >= 0.3 is 6.18 Å². The van der Waals surface area contributed by atoms with E-state index >= 15 is 0 Å². The summed E-state index contributed by atoms with van der Waals surface area (Å²) in [4.78, 5) is 0. The van der Waals surface area contributed by atoms with Gasteiger partial charge in [0.15, 0.2) is 0 Å². The van der Waals surface area contributed by atoms with Crippen molar-refractivity contribution in [3.63, 3.8) is 0 Å². The molecule has 0 amide bonds. The van der Waals surface area contributed by atoms with E-state index in [0.29, 0.717) is 0 Å². The zero-order chi connectivity index (χ0) is 12.5. The Morgan fingerprint density at radius 1 is 1.29 bits per heavy atom. The van der Waals surface area contributed by atoms with Crippen LogP contribution in [0.1, 0.15) is 12.0 Å². The van der Waals surface area contributed by atoms with E-state index in [1.807, 2.05) is 0 Å². The van der Waals surface area contributed by atoms with Crippen LogP contribution in [0.5, 0.6) is 0 Å². The van der Waals surface area contributed by atoms with Crippen molar-refractivity contribution in [2.24, 2.45) is 0 Å². The Morgan fingerprint density at radius 2 is 2.06 bits per heavy atom. The molecule has 0 saturated carbocycles. The lowest BCUT2D eigenvalue weighted by atomic mass is 10.1. The summed E-state index contributed by atoms with van der Waals surface area (Å²) in [7, 11) is 0. The minimum Gasteiger partial charge on any atom is -0.379 e. The van der Waals surface area contributed by atoms with Crippen LogP contribution in [-0.2, 0) is 6.18 Å². The molecule has 1 N–H and O–H groups in total. The van der Waals surface area contributed by atoms with Gasteiger partial charge in [0.2, 0.25) is 0 Å². The van der Waals surface area contributed by atoms with Crippen LogP contribution in [0.15, 0.2) is 18.2 Å². The van der Waals surface area contributed by atoms with E-state index < -0.39 is 17.6 Å². The van der Waals surface area contributed by atoms with Crippen molar-refractivity contribution in [3.8, 4) is 0 Å². The van der Waals surface area contributed by atoms with Gasteiger partial charge in [-0.25, -0.2) is 4.39 Å². The molecule has 0 radical (unpaired) electrons. The smallest absolute Gasteiger partial charge is 0.379 e. The lowest BCUT2D eigenvalue weighted by molar-refractivity contribution is -0.137. The van der Waals surface area contributed by atoms with Crippen LogP contribution in [0, 0.1) is 5.82 Å². The molecule has 0 spiro atoms. The van der Waals surface area contributed by atoms with Crippen LogP contribution in [-0.4, -0.2) is 17.5 Å². The van der Waals surface area contributed by atoms with Gasteiger partial charge in [-0.2, -0.15) is 24.9 Å². The highest BCUT2D eigenvalue weighted by Crippen LogP contribution is 2.32. The van der Waals surface area contributed by atoms with E-state index in [1.165, 1.54) is 0 Å². The van der Waals surface area contributed by atoms with Crippen LogP contribution in [0.3, 0.4) is 0 Å². The summed E-state index contributed by atoms with van der Waals surface area (Å²) in [5.74, 6) is 1.11. The maximum atomic E-state index is 13.4. The summed E-state index contributed by atoms with van der Waals surface area (Å²) in [6, 6.07) is 2.49. The van der Waals surface area contributed by atoms with E-state index in [1.54, 1.807) is 11.8 Å². The standard InChI is InChI=1S/C11H11F4NS/c12-9-2-1-7(11(13,14)15)5-10(9)16-8-3-4-17-6-8/h1-2,5,8,16H,3-4,6H2. The molecular weight excluding hydrogens is 254 g/mol. The lowest BCUT2D eigenvalue weighted by Crippen LogP contribution is -2.19. The fraction of sp³-hybridized carbons (Fsp3) is 0.455. The highest BCUT2D eigenvalue weighted by Gasteiger charge is 2.31. The average Bonchev–Trinajstić information content (AvgIpc) is 2.72. The first-order chi connectivity index (χ1) is 7.97. The van der Waals surface area contributed by atoms with Crippen LogP contribution in [0.4, 0.5) is 23.2 Å². The third kappa shape index (κ3) is 3.06. The number of alkyl halides is 3. The minimum absolute atomic E-state index is 0.0537. The van der Waals surface area contributed by atoms with Crippen LogP contribution in [0.25, 0.3) is 0 Å². The van der Waals surface area contributed by atoms with Crippen molar-refractivity contribution in [1.82, 2.24) is 0 Å². The molecular formula is C11H11F4NS. The summed E-state index contributed by atoms with van der Waals surface area (Å²) in [5.41, 5.74) is -0.889. The molecule has 17 heavy (non-hydrogen) atoms. The molecule has 1 unspecified atom stereocenters. The van der Waals surface area contributed by atoms with Gasteiger partial charge in [0.25, 0.3) is 0 Å².